The molecule has 0 aliphatic carbocycles. The van der Waals surface area contributed by atoms with Crippen molar-refractivity contribution in [2.24, 2.45) is 0 Å². The van der Waals surface area contributed by atoms with Gasteiger partial charge >= 0.3 is 5.63 Å². The van der Waals surface area contributed by atoms with Crippen LogP contribution in [0.15, 0.2) is 33.5 Å². The molecule has 0 saturated heterocycles. The molecule has 3 heteroatoms. The first-order valence-corrected chi connectivity index (χ1v) is 11.9. The molecule has 0 saturated carbocycles. The molecule has 1 heterocycles. The molecule has 0 aliphatic heterocycles. The first kappa shape index (κ1) is 23.5. The van der Waals surface area contributed by atoms with E-state index in [0.717, 1.165) is 36.6 Å². The van der Waals surface area contributed by atoms with Gasteiger partial charge in [0.25, 0.3) is 0 Å². The number of para-hydroxylation sites is 1. The van der Waals surface area contributed by atoms with E-state index in [4.69, 9.17) is 4.42 Å². The van der Waals surface area contributed by atoms with Gasteiger partial charge in [0.1, 0.15) is 5.58 Å². The van der Waals surface area contributed by atoms with Crippen LogP contribution < -0.4 is 5.63 Å². The number of unbranched alkanes of at least 4 members (excludes halogenated alkanes) is 10. The van der Waals surface area contributed by atoms with Gasteiger partial charge in [-0.15, -0.1) is 0 Å². The minimum absolute atomic E-state index is 0.190. The van der Waals surface area contributed by atoms with Crippen LogP contribution in [0.25, 0.3) is 11.0 Å². The van der Waals surface area contributed by atoms with Crippen molar-refractivity contribution in [1.82, 2.24) is 0 Å². The molecule has 29 heavy (non-hydrogen) atoms. The maximum atomic E-state index is 12.1. The van der Waals surface area contributed by atoms with Gasteiger partial charge < -0.3 is 9.52 Å². The molecular formula is C26H40O3. The van der Waals surface area contributed by atoms with E-state index < -0.39 is 5.63 Å². The summed E-state index contributed by atoms with van der Waals surface area (Å²) in [5, 5.41) is 11.3. The van der Waals surface area contributed by atoms with Crippen molar-refractivity contribution in [2.75, 3.05) is 0 Å². The van der Waals surface area contributed by atoms with Crippen molar-refractivity contribution in [3.63, 3.8) is 0 Å². The number of aromatic hydroxyl groups is 1. The highest BCUT2D eigenvalue weighted by Gasteiger charge is 2.21. The molecule has 0 amide bonds. The van der Waals surface area contributed by atoms with Gasteiger partial charge in [-0.3, -0.25) is 0 Å². The van der Waals surface area contributed by atoms with Gasteiger partial charge in [0.2, 0.25) is 5.75 Å². The van der Waals surface area contributed by atoms with Crippen molar-refractivity contribution in [3.8, 4) is 5.75 Å². The molecule has 2 rings (SSSR count). The average Bonchev–Trinajstić information content (AvgIpc) is 2.72. The molecule has 1 atom stereocenters. The minimum atomic E-state index is -0.612. The maximum absolute atomic E-state index is 12.1. The molecular weight excluding hydrogens is 360 g/mol. The van der Waals surface area contributed by atoms with Crippen LogP contribution in [0.5, 0.6) is 5.75 Å². The van der Waals surface area contributed by atoms with Crippen LogP contribution in [0.1, 0.15) is 115 Å². The molecule has 1 aromatic carbocycles. The fourth-order valence-corrected chi connectivity index (χ4v) is 4.41. The third kappa shape index (κ3) is 7.53. The Morgan fingerprint density at radius 3 is 2.00 bits per heavy atom. The Morgan fingerprint density at radius 1 is 0.793 bits per heavy atom. The smallest absolute Gasteiger partial charge is 0.379 e. The van der Waals surface area contributed by atoms with Crippen LogP contribution in [0.2, 0.25) is 0 Å². The number of benzene rings is 1. The molecule has 2 aromatic rings. The maximum Gasteiger partial charge on any atom is 0.379 e. The second kappa shape index (κ2) is 13.5. The standard InChI is InChI=1S/C26H40O3/c1-3-5-6-7-8-9-10-11-12-13-14-18-21(17-4-2)24-22-19-15-16-20-23(22)29-26(28)25(24)27/h15-16,19-21,27H,3-14,17-18H2,1-2H3. The van der Waals surface area contributed by atoms with Crippen molar-refractivity contribution in [1.29, 1.82) is 0 Å². The Bertz CT molecular complexity index is 762. The van der Waals surface area contributed by atoms with Gasteiger partial charge in [0.05, 0.1) is 0 Å². The summed E-state index contributed by atoms with van der Waals surface area (Å²) < 4.78 is 5.27. The van der Waals surface area contributed by atoms with Gasteiger partial charge in [0.15, 0.2) is 0 Å². The Morgan fingerprint density at radius 2 is 1.38 bits per heavy atom. The SMILES string of the molecule is CCCCCCCCCCCCCC(CCC)c1c(O)c(=O)oc2ccccc12. The Labute approximate surface area is 176 Å². The van der Waals surface area contributed by atoms with Crippen molar-refractivity contribution < 1.29 is 9.52 Å². The fourth-order valence-electron chi connectivity index (χ4n) is 4.41. The second-order valence-electron chi connectivity index (χ2n) is 8.46. The molecule has 0 spiro atoms. The lowest BCUT2D eigenvalue weighted by Crippen LogP contribution is -2.08. The van der Waals surface area contributed by atoms with Crippen molar-refractivity contribution >= 4 is 11.0 Å². The zero-order valence-electron chi connectivity index (χ0n) is 18.5. The van der Waals surface area contributed by atoms with Crippen LogP contribution in [-0.4, -0.2) is 5.11 Å². The number of hydrogen-bond acceptors (Lipinski definition) is 3. The predicted octanol–water partition coefficient (Wildman–Crippen LogP) is 8.08. The number of rotatable bonds is 15. The quantitative estimate of drug-likeness (QED) is 0.243. The third-order valence-corrected chi connectivity index (χ3v) is 6.03. The summed E-state index contributed by atoms with van der Waals surface area (Å²) in [7, 11) is 0. The lowest BCUT2D eigenvalue weighted by atomic mass is 9.87. The Hall–Kier alpha value is -1.77. The van der Waals surface area contributed by atoms with Gasteiger partial charge in [-0.05, 0) is 24.8 Å². The van der Waals surface area contributed by atoms with Crippen LogP contribution in [0, 0.1) is 0 Å². The zero-order chi connectivity index (χ0) is 20.9. The van der Waals surface area contributed by atoms with E-state index in [2.05, 4.69) is 13.8 Å². The van der Waals surface area contributed by atoms with Gasteiger partial charge in [-0.2, -0.15) is 0 Å². The summed E-state index contributed by atoms with van der Waals surface area (Å²) in [5.41, 5.74) is 0.759. The largest absolute Gasteiger partial charge is 0.502 e. The highest BCUT2D eigenvalue weighted by Crippen LogP contribution is 2.36. The predicted molar refractivity (Wildman–Crippen MR) is 123 cm³/mol. The fraction of sp³-hybridized carbons (Fsp3) is 0.654. The molecule has 0 radical (unpaired) electrons. The zero-order valence-corrected chi connectivity index (χ0v) is 18.5. The highest BCUT2D eigenvalue weighted by atomic mass is 16.4. The van der Waals surface area contributed by atoms with E-state index >= 15 is 0 Å². The Balaban J connectivity index is 1.82. The highest BCUT2D eigenvalue weighted by molar-refractivity contribution is 5.82. The van der Waals surface area contributed by atoms with Crippen LogP contribution in [0.3, 0.4) is 0 Å². The van der Waals surface area contributed by atoms with E-state index in [-0.39, 0.29) is 11.7 Å². The number of hydrogen-bond donors (Lipinski definition) is 1. The van der Waals surface area contributed by atoms with Crippen LogP contribution in [-0.2, 0) is 0 Å². The van der Waals surface area contributed by atoms with Crippen molar-refractivity contribution in [2.45, 2.75) is 110 Å². The van der Waals surface area contributed by atoms with E-state index in [1.54, 1.807) is 0 Å². The molecule has 1 aromatic heterocycles. The molecule has 0 aliphatic rings. The first-order chi connectivity index (χ1) is 14.2. The van der Waals surface area contributed by atoms with E-state index in [0.29, 0.717) is 5.58 Å². The molecule has 1 unspecified atom stereocenters. The normalized spacial score (nSPS) is 12.5. The van der Waals surface area contributed by atoms with Gasteiger partial charge in [-0.1, -0.05) is 109 Å². The third-order valence-electron chi connectivity index (χ3n) is 6.03. The van der Waals surface area contributed by atoms with Gasteiger partial charge in [0, 0.05) is 10.9 Å². The second-order valence-corrected chi connectivity index (χ2v) is 8.46. The summed E-state index contributed by atoms with van der Waals surface area (Å²) in [6.07, 6.45) is 17.7. The summed E-state index contributed by atoms with van der Waals surface area (Å²) in [6.45, 7) is 4.43. The number of fused-ring (bicyclic) bond motifs is 1. The summed E-state index contributed by atoms with van der Waals surface area (Å²) >= 11 is 0. The van der Waals surface area contributed by atoms with Crippen LogP contribution in [0.4, 0.5) is 0 Å². The molecule has 162 valence electrons. The monoisotopic (exact) mass is 400 g/mol. The summed E-state index contributed by atoms with van der Waals surface area (Å²) in [5.74, 6) is 0.0257. The van der Waals surface area contributed by atoms with E-state index in [1.807, 2.05) is 24.3 Å². The topological polar surface area (TPSA) is 50.4 Å². The van der Waals surface area contributed by atoms with Crippen molar-refractivity contribution in [3.05, 3.63) is 40.2 Å². The minimum Gasteiger partial charge on any atom is -0.502 e. The average molecular weight is 401 g/mol. The van der Waals surface area contributed by atoms with E-state index in [1.165, 1.54) is 64.2 Å². The molecule has 3 nitrogen and oxygen atoms in total. The molecule has 1 N–H and O–H groups in total. The summed E-state index contributed by atoms with van der Waals surface area (Å²) in [4.78, 5) is 12.1. The van der Waals surface area contributed by atoms with E-state index in [9.17, 15) is 9.90 Å². The molecule has 0 fully saturated rings. The Kier molecular flexibility index (Phi) is 10.9. The van der Waals surface area contributed by atoms with Gasteiger partial charge in [-0.25, -0.2) is 4.79 Å². The summed E-state index contributed by atoms with van der Waals surface area (Å²) in [6, 6.07) is 7.57. The lowest BCUT2D eigenvalue weighted by molar-refractivity contribution is 0.408. The molecule has 0 bridgehead atoms. The lowest BCUT2D eigenvalue weighted by Gasteiger charge is -2.19. The first-order valence-electron chi connectivity index (χ1n) is 11.9. The van der Waals surface area contributed by atoms with Crippen LogP contribution >= 0.6 is 0 Å².